The van der Waals surface area contributed by atoms with E-state index >= 15 is 0 Å². The highest BCUT2D eigenvalue weighted by molar-refractivity contribution is 6.30. The molecule has 0 aliphatic heterocycles. The van der Waals surface area contributed by atoms with E-state index in [2.05, 4.69) is 15.4 Å². The topological polar surface area (TPSA) is 68.5 Å². The van der Waals surface area contributed by atoms with Gasteiger partial charge in [-0.2, -0.15) is 5.10 Å². The zero-order valence-corrected chi connectivity index (χ0v) is 14.9. The van der Waals surface area contributed by atoms with Crippen LogP contribution in [0.4, 0.5) is 0 Å². The number of hydrogen-bond donors (Lipinski definition) is 1. The molecule has 0 aliphatic rings. The van der Waals surface area contributed by atoms with E-state index in [9.17, 15) is 4.79 Å². The van der Waals surface area contributed by atoms with E-state index in [0.29, 0.717) is 36.1 Å². The molecule has 2 heterocycles. The maximum atomic E-state index is 12.2. The number of aromatic nitrogens is 3. The molecule has 0 saturated heterocycles. The van der Waals surface area contributed by atoms with Crippen molar-refractivity contribution in [2.24, 2.45) is 0 Å². The van der Waals surface area contributed by atoms with Crippen LogP contribution < -0.4 is 5.32 Å². The lowest BCUT2D eigenvalue weighted by Gasteiger charge is -2.07. The van der Waals surface area contributed by atoms with Crippen molar-refractivity contribution in [3.8, 4) is 0 Å². The average Bonchev–Trinajstić information content (AvgIpc) is 2.97. The predicted octanol–water partition coefficient (Wildman–Crippen LogP) is 2.95. The molecule has 1 N–H and O–H groups in total. The average molecular weight is 359 g/mol. The minimum Gasteiger partial charge on any atom is -0.375 e. The molecule has 3 rings (SSSR count). The summed E-state index contributed by atoms with van der Waals surface area (Å²) in [6.45, 7) is 5.10. The molecule has 7 heteroatoms. The number of nitrogens with zero attached hydrogens (tertiary/aromatic N) is 3. The van der Waals surface area contributed by atoms with E-state index in [4.69, 9.17) is 16.3 Å². The van der Waals surface area contributed by atoms with Crippen LogP contribution in [0, 0.1) is 13.8 Å². The van der Waals surface area contributed by atoms with Crippen LogP contribution in [-0.4, -0.2) is 33.7 Å². The fraction of sp³-hybridized carbons (Fsp3) is 0.278. The molecule has 3 aromatic rings. The minimum absolute atomic E-state index is 0.223. The third-order valence-corrected chi connectivity index (χ3v) is 3.93. The number of benzene rings is 1. The number of amides is 1. The van der Waals surface area contributed by atoms with Crippen LogP contribution in [0.1, 0.15) is 27.4 Å². The summed E-state index contributed by atoms with van der Waals surface area (Å²) >= 11 is 5.84. The zero-order valence-electron chi connectivity index (χ0n) is 14.1. The van der Waals surface area contributed by atoms with Crippen molar-refractivity contribution in [1.82, 2.24) is 19.9 Å². The summed E-state index contributed by atoms with van der Waals surface area (Å²) in [5, 5.41) is 7.84. The van der Waals surface area contributed by atoms with Crippen LogP contribution in [0.3, 0.4) is 0 Å². The van der Waals surface area contributed by atoms with Gasteiger partial charge in [0.05, 0.1) is 18.9 Å². The lowest BCUT2D eigenvalue weighted by atomic mass is 10.2. The molecule has 2 aromatic heterocycles. The van der Waals surface area contributed by atoms with Gasteiger partial charge in [-0.1, -0.05) is 23.7 Å². The molecular weight excluding hydrogens is 340 g/mol. The fourth-order valence-electron chi connectivity index (χ4n) is 2.45. The quantitative estimate of drug-likeness (QED) is 0.688. The Morgan fingerprint density at radius 1 is 1.24 bits per heavy atom. The van der Waals surface area contributed by atoms with Crippen LogP contribution in [0.2, 0.25) is 5.02 Å². The lowest BCUT2D eigenvalue weighted by Crippen LogP contribution is -2.28. The van der Waals surface area contributed by atoms with Gasteiger partial charge in [0.15, 0.2) is 5.65 Å². The third-order valence-electron chi connectivity index (χ3n) is 3.67. The monoisotopic (exact) mass is 358 g/mol. The Balaban J connectivity index is 1.50. The number of ether oxygens (including phenoxy) is 1. The summed E-state index contributed by atoms with van der Waals surface area (Å²) in [6.07, 6.45) is 0. The van der Waals surface area contributed by atoms with Crippen LogP contribution in [0.25, 0.3) is 5.65 Å². The molecule has 0 saturated carbocycles. The molecular formula is C18H19ClN4O2. The van der Waals surface area contributed by atoms with Gasteiger partial charge in [0.1, 0.15) is 5.69 Å². The van der Waals surface area contributed by atoms with E-state index in [1.54, 1.807) is 10.6 Å². The van der Waals surface area contributed by atoms with Crippen molar-refractivity contribution in [1.29, 1.82) is 0 Å². The molecule has 0 spiro atoms. The van der Waals surface area contributed by atoms with E-state index in [1.165, 1.54) is 0 Å². The van der Waals surface area contributed by atoms with Gasteiger partial charge < -0.3 is 10.1 Å². The molecule has 0 radical (unpaired) electrons. The first-order valence-electron chi connectivity index (χ1n) is 7.97. The van der Waals surface area contributed by atoms with Gasteiger partial charge in [-0.05, 0) is 37.6 Å². The van der Waals surface area contributed by atoms with Crippen LogP contribution in [-0.2, 0) is 11.3 Å². The van der Waals surface area contributed by atoms with Crippen molar-refractivity contribution in [3.63, 3.8) is 0 Å². The van der Waals surface area contributed by atoms with Gasteiger partial charge >= 0.3 is 0 Å². The van der Waals surface area contributed by atoms with Crippen LogP contribution in [0.5, 0.6) is 0 Å². The first-order chi connectivity index (χ1) is 12.0. The Morgan fingerprint density at radius 3 is 2.76 bits per heavy atom. The summed E-state index contributed by atoms with van der Waals surface area (Å²) in [4.78, 5) is 16.6. The highest BCUT2D eigenvalue weighted by Gasteiger charge is 2.11. The molecule has 0 aliphatic carbocycles. The molecule has 1 aromatic carbocycles. The van der Waals surface area contributed by atoms with Gasteiger partial charge in [-0.25, -0.2) is 9.50 Å². The molecule has 0 unspecified atom stereocenters. The number of carbonyl (C=O) groups excluding carboxylic acids is 1. The van der Waals surface area contributed by atoms with Gasteiger partial charge in [0.2, 0.25) is 0 Å². The number of halogens is 1. The number of aryl methyl sites for hydroxylation is 2. The summed E-state index contributed by atoms with van der Waals surface area (Å²) in [5.74, 6) is -0.223. The second-order valence-electron chi connectivity index (χ2n) is 5.77. The highest BCUT2D eigenvalue weighted by atomic mass is 35.5. The normalized spacial score (nSPS) is 11.0. The lowest BCUT2D eigenvalue weighted by molar-refractivity contribution is 0.0896. The predicted molar refractivity (Wildman–Crippen MR) is 95.9 cm³/mol. The van der Waals surface area contributed by atoms with E-state index in [1.807, 2.05) is 44.2 Å². The molecule has 0 fully saturated rings. The molecule has 1 amide bonds. The Morgan fingerprint density at radius 2 is 2.00 bits per heavy atom. The van der Waals surface area contributed by atoms with Gasteiger partial charge in [-0.15, -0.1) is 0 Å². The van der Waals surface area contributed by atoms with Crippen molar-refractivity contribution >= 4 is 23.2 Å². The summed E-state index contributed by atoms with van der Waals surface area (Å²) in [5.41, 5.74) is 3.81. The molecule has 0 atom stereocenters. The van der Waals surface area contributed by atoms with E-state index < -0.39 is 0 Å². The molecule has 6 nitrogen and oxygen atoms in total. The Kier molecular flexibility index (Phi) is 5.31. The maximum Gasteiger partial charge on any atom is 0.270 e. The SMILES string of the molecule is Cc1cc2nc(C(=O)NCCOCc3ccc(Cl)cc3)cc(C)n2n1. The van der Waals surface area contributed by atoms with Crippen molar-refractivity contribution in [3.05, 3.63) is 64.1 Å². The van der Waals surface area contributed by atoms with Crippen molar-refractivity contribution < 1.29 is 9.53 Å². The number of rotatable bonds is 6. The third kappa shape index (κ3) is 4.35. The summed E-state index contributed by atoms with van der Waals surface area (Å²) in [6, 6.07) is 11.0. The molecule has 130 valence electrons. The largest absolute Gasteiger partial charge is 0.375 e. The van der Waals surface area contributed by atoms with E-state index in [0.717, 1.165) is 17.0 Å². The Hall–Kier alpha value is -2.44. The Labute approximate surface area is 150 Å². The first kappa shape index (κ1) is 17.4. The van der Waals surface area contributed by atoms with Crippen LogP contribution in [0.15, 0.2) is 36.4 Å². The minimum atomic E-state index is -0.223. The van der Waals surface area contributed by atoms with Crippen LogP contribution >= 0.6 is 11.6 Å². The van der Waals surface area contributed by atoms with Crippen molar-refractivity contribution in [2.75, 3.05) is 13.2 Å². The molecule has 0 bridgehead atoms. The standard InChI is InChI=1S/C18H19ClN4O2/c1-12-9-17-21-16(10-13(2)23(17)22-12)18(24)20-7-8-25-11-14-3-5-15(19)6-4-14/h3-6,9-10H,7-8,11H2,1-2H3,(H,20,24). The fourth-order valence-corrected chi connectivity index (χ4v) is 2.58. The number of nitrogens with one attached hydrogen (secondary N) is 1. The van der Waals surface area contributed by atoms with Gasteiger partial charge in [0.25, 0.3) is 5.91 Å². The van der Waals surface area contributed by atoms with Gasteiger partial charge in [-0.3, -0.25) is 4.79 Å². The summed E-state index contributed by atoms with van der Waals surface area (Å²) in [7, 11) is 0. The van der Waals surface area contributed by atoms with E-state index in [-0.39, 0.29) is 5.91 Å². The number of hydrogen-bond acceptors (Lipinski definition) is 4. The number of carbonyl (C=O) groups is 1. The van der Waals surface area contributed by atoms with Crippen molar-refractivity contribution in [2.45, 2.75) is 20.5 Å². The second-order valence-corrected chi connectivity index (χ2v) is 6.21. The maximum absolute atomic E-state index is 12.2. The first-order valence-corrected chi connectivity index (χ1v) is 8.35. The second kappa shape index (κ2) is 7.63. The summed E-state index contributed by atoms with van der Waals surface area (Å²) < 4.78 is 7.27. The Bertz CT molecular complexity index is 890. The number of fused-ring (bicyclic) bond motifs is 1. The highest BCUT2D eigenvalue weighted by Crippen LogP contribution is 2.10. The smallest absolute Gasteiger partial charge is 0.270 e. The zero-order chi connectivity index (χ0) is 17.8. The molecule has 25 heavy (non-hydrogen) atoms. The van der Waals surface area contributed by atoms with Gasteiger partial charge in [0, 0.05) is 23.3 Å².